The number of piperazine rings is 1. The highest BCUT2D eigenvalue weighted by atomic mass is 16.5. The van der Waals surface area contributed by atoms with Crippen LogP contribution in [0.5, 0.6) is 0 Å². The Labute approximate surface area is 107 Å². The van der Waals surface area contributed by atoms with Gasteiger partial charge in [-0.3, -0.25) is 4.90 Å². The lowest BCUT2D eigenvalue weighted by molar-refractivity contribution is 0.0636. The van der Waals surface area contributed by atoms with E-state index >= 15 is 0 Å². The summed E-state index contributed by atoms with van der Waals surface area (Å²) in [5.74, 6) is 0.764. The van der Waals surface area contributed by atoms with Gasteiger partial charge in [-0.15, -0.1) is 0 Å². The molecule has 3 nitrogen and oxygen atoms in total. The summed E-state index contributed by atoms with van der Waals surface area (Å²) in [6.07, 6.45) is 2.39. The summed E-state index contributed by atoms with van der Waals surface area (Å²) in [7, 11) is 1.79. The van der Waals surface area contributed by atoms with Crippen molar-refractivity contribution in [3.8, 4) is 0 Å². The third kappa shape index (κ3) is 4.23. The molecule has 1 fully saturated rings. The molecular formula is C14H30N2O. The van der Waals surface area contributed by atoms with Crippen LogP contribution in [0.25, 0.3) is 0 Å². The van der Waals surface area contributed by atoms with Crippen molar-refractivity contribution in [3.63, 3.8) is 0 Å². The summed E-state index contributed by atoms with van der Waals surface area (Å²) in [5.41, 5.74) is 0. The summed E-state index contributed by atoms with van der Waals surface area (Å²) in [6.45, 7) is 12.4. The number of ether oxygens (including phenoxy) is 1. The van der Waals surface area contributed by atoms with Crippen LogP contribution in [0, 0.1) is 5.92 Å². The smallest absolute Gasteiger partial charge is 0.0477 e. The van der Waals surface area contributed by atoms with E-state index < -0.39 is 0 Å². The minimum absolute atomic E-state index is 0.624. The SMILES string of the molecule is CCC(C)C1CN(C(C)CCOC)C(C)CN1. The average molecular weight is 242 g/mol. The Hall–Kier alpha value is -0.120. The molecule has 0 bridgehead atoms. The number of hydrogen-bond donors (Lipinski definition) is 1. The molecule has 17 heavy (non-hydrogen) atoms. The number of hydrogen-bond acceptors (Lipinski definition) is 3. The standard InChI is InChI=1S/C14H30N2O/c1-6-11(2)14-10-16(13(4)9-15-14)12(3)7-8-17-5/h11-15H,6-10H2,1-5H3. The first-order chi connectivity index (χ1) is 8.10. The van der Waals surface area contributed by atoms with Crippen LogP contribution in [0.2, 0.25) is 0 Å². The zero-order valence-electron chi connectivity index (χ0n) is 12.2. The van der Waals surface area contributed by atoms with Gasteiger partial charge >= 0.3 is 0 Å². The second-order valence-corrected chi connectivity index (χ2v) is 5.58. The molecule has 1 saturated heterocycles. The highest BCUT2D eigenvalue weighted by Crippen LogP contribution is 2.18. The Balaban J connectivity index is 2.50. The number of rotatable bonds is 6. The minimum Gasteiger partial charge on any atom is -0.385 e. The third-order valence-corrected chi connectivity index (χ3v) is 4.29. The zero-order valence-corrected chi connectivity index (χ0v) is 12.2. The molecule has 102 valence electrons. The molecular weight excluding hydrogens is 212 g/mol. The Morgan fingerprint density at radius 1 is 1.41 bits per heavy atom. The van der Waals surface area contributed by atoms with E-state index in [0.29, 0.717) is 18.1 Å². The predicted molar refractivity (Wildman–Crippen MR) is 73.4 cm³/mol. The molecule has 1 heterocycles. The molecule has 1 aliphatic heterocycles. The Bertz CT molecular complexity index is 210. The maximum atomic E-state index is 5.19. The molecule has 0 aromatic rings. The van der Waals surface area contributed by atoms with Gasteiger partial charge in [-0.05, 0) is 26.2 Å². The van der Waals surface area contributed by atoms with E-state index in [1.54, 1.807) is 7.11 Å². The first kappa shape index (κ1) is 14.9. The van der Waals surface area contributed by atoms with Crippen molar-refractivity contribution in [1.82, 2.24) is 10.2 Å². The largest absolute Gasteiger partial charge is 0.385 e. The number of methoxy groups -OCH3 is 1. The molecule has 1 N–H and O–H groups in total. The van der Waals surface area contributed by atoms with E-state index in [9.17, 15) is 0 Å². The van der Waals surface area contributed by atoms with Crippen molar-refractivity contribution in [2.75, 3.05) is 26.8 Å². The van der Waals surface area contributed by atoms with Gasteiger partial charge in [0, 0.05) is 44.9 Å². The molecule has 4 atom stereocenters. The molecule has 0 saturated carbocycles. The monoisotopic (exact) mass is 242 g/mol. The van der Waals surface area contributed by atoms with E-state index in [0.717, 1.165) is 25.5 Å². The summed E-state index contributed by atoms with van der Waals surface area (Å²) in [5, 5.41) is 3.69. The highest BCUT2D eigenvalue weighted by Gasteiger charge is 2.30. The number of nitrogens with one attached hydrogen (secondary N) is 1. The van der Waals surface area contributed by atoms with E-state index in [2.05, 4.69) is 37.9 Å². The van der Waals surface area contributed by atoms with Gasteiger partial charge in [0.25, 0.3) is 0 Å². The Morgan fingerprint density at radius 2 is 2.12 bits per heavy atom. The van der Waals surface area contributed by atoms with Crippen LogP contribution in [0.1, 0.15) is 40.5 Å². The van der Waals surface area contributed by atoms with Gasteiger partial charge in [0.05, 0.1) is 0 Å². The first-order valence-corrected chi connectivity index (χ1v) is 7.08. The normalized spacial score (nSPS) is 30.2. The van der Waals surface area contributed by atoms with E-state index in [1.165, 1.54) is 13.0 Å². The van der Waals surface area contributed by atoms with Crippen molar-refractivity contribution in [2.24, 2.45) is 5.92 Å². The van der Waals surface area contributed by atoms with E-state index in [1.807, 2.05) is 0 Å². The van der Waals surface area contributed by atoms with Gasteiger partial charge in [-0.1, -0.05) is 20.3 Å². The minimum atomic E-state index is 0.624. The lowest BCUT2D eigenvalue weighted by Crippen LogP contribution is -2.59. The van der Waals surface area contributed by atoms with E-state index in [-0.39, 0.29) is 0 Å². The molecule has 0 aromatic carbocycles. The summed E-state index contributed by atoms with van der Waals surface area (Å²) in [6, 6.07) is 1.92. The second kappa shape index (κ2) is 7.34. The molecule has 0 aromatic heterocycles. The molecule has 0 spiro atoms. The van der Waals surface area contributed by atoms with Crippen molar-refractivity contribution in [3.05, 3.63) is 0 Å². The number of nitrogens with zero attached hydrogens (tertiary/aromatic N) is 1. The molecule has 1 aliphatic rings. The van der Waals surface area contributed by atoms with Crippen molar-refractivity contribution in [2.45, 2.75) is 58.7 Å². The van der Waals surface area contributed by atoms with Crippen LogP contribution in [0.4, 0.5) is 0 Å². The van der Waals surface area contributed by atoms with Crippen molar-refractivity contribution < 1.29 is 4.74 Å². The summed E-state index contributed by atoms with van der Waals surface area (Å²) < 4.78 is 5.19. The first-order valence-electron chi connectivity index (χ1n) is 7.08. The van der Waals surface area contributed by atoms with Crippen LogP contribution in [-0.4, -0.2) is 49.8 Å². The maximum absolute atomic E-state index is 5.19. The maximum Gasteiger partial charge on any atom is 0.0477 e. The molecule has 0 amide bonds. The Kier molecular flexibility index (Phi) is 6.45. The fourth-order valence-corrected chi connectivity index (χ4v) is 2.65. The van der Waals surface area contributed by atoms with Gasteiger partial charge in [-0.2, -0.15) is 0 Å². The molecule has 4 unspecified atom stereocenters. The van der Waals surface area contributed by atoms with Gasteiger partial charge in [-0.25, -0.2) is 0 Å². The summed E-state index contributed by atoms with van der Waals surface area (Å²) in [4.78, 5) is 2.65. The topological polar surface area (TPSA) is 24.5 Å². The molecule has 0 aliphatic carbocycles. The van der Waals surface area contributed by atoms with Gasteiger partial charge in [0.15, 0.2) is 0 Å². The highest BCUT2D eigenvalue weighted by molar-refractivity contribution is 4.88. The lowest BCUT2D eigenvalue weighted by atomic mass is 9.94. The van der Waals surface area contributed by atoms with Crippen molar-refractivity contribution in [1.29, 1.82) is 0 Å². The van der Waals surface area contributed by atoms with E-state index in [4.69, 9.17) is 4.74 Å². The fraction of sp³-hybridized carbons (Fsp3) is 1.00. The zero-order chi connectivity index (χ0) is 12.8. The van der Waals surface area contributed by atoms with Crippen LogP contribution in [-0.2, 0) is 4.74 Å². The lowest BCUT2D eigenvalue weighted by Gasteiger charge is -2.44. The molecule has 3 heteroatoms. The third-order valence-electron chi connectivity index (χ3n) is 4.29. The molecule has 0 radical (unpaired) electrons. The second-order valence-electron chi connectivity index (χ2n) is 5.58. The Morgan fingerprint density at radius 3 is 2.71 bits per heavy atom. The predicted octanol–water partition coefficient (Wildman–Crippen LogP) is 2.12. The van der Waals surface area contributed by atoms with Crippen LogP contribution < -0.4 is 5.32 Å². The average Bonchev–Trinajstić information content (AvgIpc) is 2.35. The van der Waals surface area contributed by atoms with Crippen LogP contribution in [0.15, 0.2) is 0 Å². The van der Waals surface area contributed by atoms with Gasteiger partial charge < -0.3 is 10.1 Å². The van der Waals surface area contributed by atoms with Crippen molar-refractivity contribution >= 4 is 0 Å². The quantitative estimate of drug-likeness (QED) is 0.772. The van der Waals surface area contributed by atoms with Crippen LogP contribution in [0.3, 0.4) is 0 Å². The fourth-order valence-electron chi connectivity index (χ4n) is 2.65. The molecule has 1 rings (SSSR count). The summed E-state index contributed by atoms with van der Waals surface area (Å²) >= 11 is 0. The van der Waals surface area contributed by atoms with Gasteiger partial charge in [0.1, 0.15) is 0 Å². The van der Waals surface area contributed by atoms with Gasteiger partial charge in [0.2, 0.25) is 0 Å². The van der Waals surface area contributed by atoms with Crippen LogP contribution >= 0.6 is 0 Å².